The molecule has 1 heterocycles. The van der Waals surface area contributed by atoms with E-state index in [2.05, 4.69) is 21.2 Å². The number of primary sulfonamides is 1. The number of halogens is 1. The molecule has 142 valence electrons. The number of benzene rings is 2. The molecule has 9 heteroatoms. The van der Waals surface area contributed by atoms with E-state index in [1.165, 1.54) is 0 Å². The van der Waals surface area contributed by atoms with Crippen LogP contribution in [-0.2, 0) is 25.4 Å². The predicted octanol–water partition coefficient (Wildman–Crippen LogP) is 2.23. The number of nitrogens with one attached hydrogen (secondary N) is 1. The molecular weight excluding hydrogens is 434 g/mol. The van der Waals surface area contributed by atoms with Gasteiger partial charge < -0.3 is 10.2 Å². The number of hydrogen-bond acceptors (Lipinski definition) is 4. The minimum Gasteiger partial charge on any atom is -0.325 e. The Labute approximate surface area is 165 Å². The third kappa shape index (κ3) is 4.74. The van der Waals surface area contributed by atoms with Crippen LogP contribution in [0.1, 0.15) is 12.0 Å². The fourth-order valence-corrected chi connectivity index (χ4v) is 4.13. The normalized spacial score (nSPS) is 17.2. The van der Waals surface area contributed by atoms with Crippen LogP contribution in [0.2, 0.25) is 0 Å². The van der Waals surface area contributed by atoms with Crippen molar-refractivity contribution in [2.45, 2.75) is 12.2 Å². The van der Waals surface area contributed by atoms with Crippen molar-refractivity contribution in [2.24, 2.45) is 11.1 Å². The van der Waals surface area contributed by atoms with Crippen molar-refractivity contribution in [3.63, 3.8) is 0 Å². The Morgan fingerprint density at radius 3 is 2.48 bits per heavy atom. The number of nitrogens with two attached hydrogens (primary N) is 1. The molecule has 3 rings (SSSR count). The molecule has 1 atom stereocenters. The van der Waals surface area contributed by atoms with Crippen molar-refractivity contribution in [3.8, 4) is 0 Å². The maximum atomic E-state index is 12.7. The lowest BCUT2D eigenvalue weighted by Gasteiger charge is -2.18. The van der Waals surface area contributed by atoms with Gasteiger partial charge >= 0.3 is 0 Å². The van der Waals surface area contributed by atoms with Crippen molar-refractivity contribution < 1.29 is 18.0 Å². The average molecular weight is 452 g/mol. The third-order valence-electron chi connectivity index (χ3n) is 4.25. The highest BCUT2D eigenvalue weighted by molar-refractivity contribution is 9.10. The molecule has 2 aromatic rings. The molecule has 0 bridgehead atoms. The summed E-state index contributed by atoms with van der Waals surface area (Å²) in [6, 6.07) is 13.7. The quantitative estimate of drug-likeness (QED) is 0.678. The summed E-state index contributed by atoms with van der Waals surface area (Å²) in [5, 5.41) is 7.72. The largest absolute Gasteiger partial charge is 0.325 e. The molecule has 2 aromatic carbocycles. The molecule has 1 saturated heterocycles. The van der Waals surface area contributed by atoms with Gasteiger partial charge in [0.2, 0.25) is 21.8 Å². The van der Waals surface area contributed by atoms with Crippen molar-refractivity contribution in [1.29, 1.82) is 0 Å². The van der Waals surface area contributed by atoms with Crippen LogP contribution in [0.15, 0.2) is 53.0 Å². The van der Waals surface area contributed by atoms with Gasteiger partial charge in [0.05, 0.1) is 11.4 Å². The lowest BCUT2D eigenvalue weighted by atomic mass is 10.1. The number of nitrogens with zero attached hydrogens (tertiary/aromatic N) is 1. The van der Waals surface area contributed by atoms with Crippen LogP contribution in [0.25, 0.3) is 0 Å². The Morgan fingerprint density at radius 1 is 1.19 bits per heavy atom. The summed E-state index contributed by atoms with van der Waals surface area (Å²) in [6.07, 6.45) is 0.426. The van der Waals surface area contributed by atoms with Crippen molar-refractivity contribution in [3.05, 3.63) is 58.6 Å². The summed E-state index contributed by atoms with van der Waals surface area (Å²) in [5.41, 5.74) is 1.75. The van der Waals surface area contributed by atoms with E-state index in [0.717, 1.165) is 10.2 Å². The second-order valence-corrected chi connectivity index (χ2v) is 8.74. The van der Waals surface area contributed by atoms with Gasteiger partial charge in [-0.2, -0.15) is 0 Å². The summed E-state index contributed by atoms with van der Waals surface area (Å²) < 4.78 is 23.0. The van der Waals surface area contributed by atoms with Crippen molar-refractivity contribution >= 4 is 49.1 Å². The molecule has 0 radical (unpaired) electrons. The second kappa shape index (κ2) is 7.79. The van der Waals surface area contributed by atoms with Crippen LogP contribution in [-0.4, -0.2) is 26.8 Å². The molecular formula is C18H18BrN3O4S. The van der Waals surface area contributed by atoms with E-state index in [-0.39, 0.29) is 17.6 Å². The highest BCUT2D eigenvalue weighted by Crippen LogP contribution is 2.31. The number of sulfonamides is 1. The van der Waals surface area contributed by atoms with E-state index in [1.807, 2.05) is 24.3 Å². The first kappa shape index (κ1) is 19.5. The number of para-hydroxylation sites is 1. The molecule has 1 unspecified atom stereocenters. The molecule has 0 aromatic heterocycles. The predicted molar refractivity (Wildman–Crippen MR) is 106 cm³/mol. The van der Waals surface area contributed by atoms with E-state index in [0.29, 0.717) is 24.2 Å². The van der Waals surface area contributed by atoms with Crippen LogP contribution in [0.5, 0.6) is 0 Å². The zero-order valence-electron chi connectivity index (χ0n) is 14.3. The van der Waals surface area contributed by atoms with Crippen LogP contribution < -0.4 is 15.4 Å². The highest BCUT2D eigenvalue weighted by Gasteiger charge is 2.38. The first-order chi connectivity index (χ1) is 12.7. The van der Waals surface area contributed by atoms with E-state index in [4.69, 9.17) is 5.14 Å². The lowest BCUT2D eigenvalue weighted by molar-refractivity contribution is -0.129. The fraction of sp³-hybridized carbons (Fsp3) is 0.222. The first-order valence-corrected chi connectivity index (χ1v) is 10.7. The molecule has 0 saturated carbocycles. The zero-order chi connectivity index (χ0) is 19.6. The molecule has 7 nitrogen and oxygen atoms in total. The van der Waals surface area contributed by atoms with Crippen LogP contribution in [0.3, 0.4) is 0 Å². The zero-order valence-corrected chi connectivity index (χ0v) is 16.7. The molecule has 3 N–H and O–H groups in total. The summed E-state index contributed by atoms with van der Waals surface area (Å²) in [5.74, 6) is -1.66. The minimum absolute atomic E-state index is 0.245. The van der Waals surface area contributed by atoms with Crippen LogP contribution in [0, 0.1) is 5.92 Å². The molecule has 2 amide bonds. The lowest BCUT2D eigenvalue weighted by Crippen LogP contribution is -2.33. The minimum atomic E-state index is -3.61. The Balaban J connectivity index is 1.67. The standard InChI is InChI=1S/C18H18BrN3O4S/c19-15-3-1-2-4-16(15)22-10-9-14(18(22)24)17(23)21-13-7-5-12(6-8-13)11-27(20,25)26/h1-8,14H,9-11H2,(H,21,23)(H2,20,25,26). The maximum Gasteiger partial charge on any atom is 0.239 e. The molecule has 27 heavy (non-hydrogen) atoms. The topological polar surface area (TPSA) is 110 Å². The van der Waals surface area contributed by atoms with Gasteiger partial charge in [-0.25, -0.2) is 13.6 Å². The number of carbonyl (C=O) groups excluding carboxylic acids is 2. The number of amides is 2. The van der Waals surface area contributed by atoms with Crippen LogP contribution in [0.4, 0.5) is 11.4 Å². The maximum absolute atomic E-state index is 12.7. The fourth-order valence-electron chi connectivity index (χ4n) is 2.98. The van der Waals surface area contributed by atoms with Crippen molar-refractivity contribution in [1.82, 2.24) is 0 Å². The Morgan fingerprint density at radius 2 is 1.85 bits per heavy atom. The van der Waals surface area contributed by atoms with E-state index in [9.17, 15) is 18.0 Å². The SMILES string of the molecule is NS(=O)(=O)Cc1ccc(NC(=O)C2CCN(c3ccccc3Br)C2=O)cc1. The average Bonchev–Trinajstić information content (AvgIpc) is 2.97. The van der Waals surface area contributed by atoms with E-state index >= 15 is 0 Å². The third-order valence-corrected chi connectivity index (χ3v) is 5.66. The molecule has 1 aliphatic heterocycles. The van der Waals surface area contributed by atoms with Crippen molar-refractivity contribution in [2.75, 3.05) is 16.8 Å². The number of carbonyl (C=O) groups is 2. The van der Waals surface area contributed by atoms with Gasteiger partial charge in [-0.3, -0.25) is 9.59 Å². The number of anilines is 2. The number of hydrogen-bond donors (Lipinski definition) is 2. The summed E-state index contributed by atoms with van der Waals surface area (Å²) in [6.45, 7) is 0.465. The Kier molecular flexibility index (Phi) is 5.64. The smallest absolute Gasteiger partial charge is 0.239 e. The molecule has 1 aliphatic rings. The van der Waals surface area contributed by atoms with Crippen LogP contribution >= 0.6 is 15.9 Å². The van der Waals surface area contributed by atoms with Gasteiger partial charge in [0, 0.05) is 16.7 Å². The molecule has 0 aliphatic carbocycles. The highest BCUT2D eigenvalue weighted by atomic mass is 79.9. The summed E-state index contributed by atoms with van der Waals surface area (Å²) in [7, 11) is -3.61. The summed E-state index contributed by atoms with van der Waals surface area (Å²) in [4.78, 5) is 26.8. The monoisotopic (exact) mass is 451 g/mol. The van der Waals surface area contributed by atoms with Gasteiger partial charge in [0.15, 0.2) is 0 Å². The van der Waals surface area contributed by atoms with Gasteiger partial charge in [0.1, 0.15) is 5.92 Å². The number of rotatable bonds is 5. The Hall–Kier alpha value is -2.23. The van der Waals surface area contributed by atoms with Gasteiger partial charge in [0.25, 0.3) is 0 Å². The Bertz CT molecular complexity index is 976. The molecule has 1 fully saturated rings. The second-order valence-electron chi connectivity index (χ2n) is 6.28. The van der Waals surface area contributed by atoms with Gasteiger partial charge in [-0.15, -0.1) is 0 Å². The van der Waals surface area contributed by atoms with E-state index in [1.54, 1.807) is 29.2 Å². The first-order valence-electron chi connectivity index (χ1n) is 8.21. The van der Waals surface area contributed by atoms with E-state index < -0.39 is 15.9 Å². The summed E-state index contributed by atoms with van der Waals surface area (Å²) >= 11 is 3.43. The van der Waals surface area contributed by atoms with Gasteiger partial charge in [-0.05, 0) is 52.2 Å². The molecule has 0 spiro atoms. The van der Waals surface area contributed by atoms with Gasteiger partial charge in [-0.1, -0.05) is 24.3 Å².